The van der Waals surface area contributed by atoms with Crippen LogP contribution in [-0.2, 0) is 6.61 Å². The molecule has 0 saturated carbocycles. The van der Waals surface area contributed by atoms with Crippen LogP contribution >= 0.6 is 0 Å². The molecule has 0 amide bonds. The molecule has 0 fully saturated rings. The summed E-state index contributed by atoms with van der Waals surface area (Å²) in [5, 5.41) is 13.8. The second kappa shape index (κ2) is 10.0. The predicted octanol–water partition coefficient (Wildman–Crippen LogP) is 6.26. The number of hydrogen-bond acceptors (Lipinski definition) is 5. The summed E-state index contributed by atoms with van der Waals surface area (Å²) in [5.74, 6) is 1.52. The van der Waals surface area contributed by atoms with Crippen molar-refractivity contribution < 1.29 is 19.4 Å². The lowest BCUT2D eigenvalue weighted by atomic mass is 9.98. The molecule has 0 saturated heterocycles. The third kappa shape index (κ3) is 5.79. The van der Waals surface area contributed by atoms with Crippen molar-refractivity contribution in [2.45, 2.75) is 33.8 Å². The Balaban J connectivity index is 1.69. The zero-order valence-electron chi connectivity index (χ0n) is 18.4. The van der Waals surface area contributed by atoms with Gasteiger partial charge in [0.1, 0.15) is 23.9 Å². The normalized spacial score (nSPS) is 10.7. The number of carbonyl (C=O) groups excluding carboxylic acids is 1. The zero-order chi connectivity index (χ0) is 22.4. The van der Waals surface area contributed by atoms with Crippen molar-refractivity contribution in [3.63, 3.8) is 0 Å². The van der Waals surface area contributed by atoms with Crippen LogP contribution in [0.25, 0.3) is 0 Å². The molecule has 0 heterocycles. The zero-order valence-corrected chi connectivity index (χ0v) is 18.4. The molecule has 0 aromatic heterocycles. The summed E-state index contributed by atoms with van der Waals surface area (Å²) in [6.45, 7) is 6.07. The molecule has 162 valence electrons. The number of carbonyl (C=O) groups is 1. The van der Waals surface area contributed by atoms with Gasteiger partial charge in [-0.2, -0.15) is 0 Å². The van der Waals surface area contributed by atoms with Crippen molar-refractivity contribution in [2.24, 2.45) is 5.92 Å². The molecule has 31 heavy (non-hydrogen) atoms. The van der Waals surface area contributed by atoms with Crippen LogP contribution in [-0.4, -0.2) is 18.0 Å². The van der Waals surface area contributed by atoms with Gasteiger partial charge >= 0.3 is 0 Å². The lowest BCUT2D eigenvalue weighted by molar-refractivity contribution is 0.0965. The fraction of sp³-hybridized carbons (Fsp3) is 0.269. The Morgan fingerprint density at radius 2 is 1.74 bits per heavy atom. The maximum absolute atomic E-state index is 12.3. The lowest BCUT2D eigenvalue weighted by Gasteiger charge is -2.14. The Morgan fingerprint density at radius 3 is 2.45 bits per heavy atom. The summed E-state index contributed by atoms with van der Waals surface area (Å²) in [6.07, 6.45) is 0.403. The highest BCUT2D eigenvalue weighted by molar-refractivity contribution is 5.99. The molecule has 0 atom stereocenters. The van der Waals surface area contributed by atoms with Crippen molar-refractivity contribution in [1.29, 1.82) is 0 Å². The summed E-state index contributed by atoms with van der Waals surface area (Å²) < 4.78 is 11.2. The topological polar surface area (TPSA) is 67.8 Å². The first-order chi connectivity index (χ1) is 14.9. The van der Waals surface area contributed by atoms with Gasteiger partial charge < -0.3 is 19.9 Å². The second-order valence-electron chi connectivity index (χ2n) is 7.95. The van der Waals surface area contributed by atoms with Crippen LogP contribution in [0.5, 0.6) is 17.2 Å². The Morgan fingerprint density at radius 1 is 1.03 bits per heavy atom. The number of hydrogen-bond donors (Lipinski definition) is 2. The molecule has 3 aromatic carbocycles. The van der Waals surface area contributed by atoms with Gasteiger partial charge in [0.2, 0.25) is 0 Å². The summed E-state index contributed by atoms with van der Waals surface area (Å²) in [7, 11) is 1.64. The Bertz CT molecular complexity index is 1060. The maximum Gasteiger partial charge on any atom is 0.166 e. The number of anilines is 2. The SMILES string of the molecule is COc1cccc(Nc2cccc(COc3ccc(C(=O)CC(C)C)c(O)c3C)c2)c1. The molecular weight excluding hydrogens is 390 g/mol. The van der Waals surface area contributed by atoms with Crippen molar-refractivity contribution in [3.05, 3.63) is 77.4 Å². The molecule has 0 aliphatic carbocycles. The molecule has 0 aliphatic rings. The van der Waals surface area contributed by atoms with E-state index >= 15 is 0 Å². The van der Waals surface area contributed by atoms with Gasteiger partial charge in [-0.1, -0.05) is 32.0 Å². The Hall–Kier alpha value is -3.47. The van der Waals surface area contributed by atoms with Crippen LogP contribution in [0.15, 0.2) is 60.7 Å². The van der Waals surface area contributed by atoms with E-state index in [1.165, 1.54) is 0 Å². The van der Waals surface area contributed by atoms with Crippen molar-refractivity contribution in [1.82, 2.24) is 0 Å². The Labute approximate surface area is 183 Å². The number of ketones is 1. The van der Waals surface area contributed by atoms with E-state index in [0.29, 0.717) is 29.9 Å². The number of ether oxygens (including phenoxy) is 2. The van der Waals surface area contributed by atoms with Gasteiger partial charge in [0, 0.05) is 29.4 Å². The minimum absolute atomic E-state index is 0.00316. The van der Waals surface area contributed by atoms with E-state index in [2.05, 4.69) is 5.32 Å². The molecule has 0 spiro atoms. The van der Waals surface area contributed by atoms with Crippen molar-refractivity contribution in [2.75, 3.05) is 12.4 Å². The van der Waals surface area contributed by atoms with Crippen molar-refractivity contribution in [3.8, 4) is 17.2 Å². The van der Waals surface area contributed by atoms with Gasteiger partial charge in [-0.25, -0.2) is 0 Å². The van der Waals surface area contributed by atoms with Gasteiger partial charge in [-0.15, -0.1) is 0 Å². The first kappa shape index (κ1) is 22.2. The standard InChI is InChI=1S/C26H29NO4/c1-17(2)13-24(28)23-11-12-25(18(3)26(23)29)31-16-19-7-5-8-20(14-19)27-21-9-6-10-22(15-21)30-4/h5-12,14-15,17,27,29H,13,16H2,1-4H3. The third-order valence-electron chi connectivity index (χ3n) is 4.96. The first-order valence-electron chi connectivity index (χ1n) is 10.4. The van der Waals surface area contributed by atoms with E-state index < -0.39 is 0 Å². The minimum atomic E-state index is -0.0570. The van der Waals surface area contributed by atoms with Crippen LogP contribution in [0.2, 0.25) is 0 Å². The number of Topliss-reactive ketones (excluding diaryl/α,β-unsaturated/α-hetero) is 1. The van der Waals surface area contributed by atoms with E-state index in [4.69, 9.17) is 9.47 Å². The van der Waals surface area contributed by atoms with Gasteiger partial charge in [0.05, 0.1) is 12.7 Å². The van der Waals surface area contributed by atoms with Crippen LogP contribution < -0.4 is 14.8 Å². The largest absolute Gasteiger partial charge is 0.507 e. The molecule has 5 heteroatoms. The van der Waals surface area contributed by atoms with Gasteiger partial charge in [-0.3, -0.25) is 4.79 Å². The average Bonchev–Trinajstić information content (AvgIpc) is 2.74. The highest BCUT2D eigenvalue weighted by Crippen LogP contribution is 2.32. The summed E-state index contributed by atoms with van der Waals surface area (Å²) in [5.41, 5.74) is 3.76. The highest BCUT2D eigenvalue weighted by atomic mass is 16.5. The van der Waals surface area contributed by atoms with Crippen molar-refractivity contribution >= 4 is 17.2 Å². The first-order valence-corrected chi connectivity index (χ1v) is 10.4. The van der Waals surface area contributed by atoms with E-state index in [-0.39, 0.29) is 17.5 Å². The molecule has 2 N–H and O–H groups in total. The second-order valence-corrected chi connectivity index (χ2v) is 7.95. The van der Waals surface area contributed by atoms with Crippen LogP contribution in [0.3, 0.4) is 0 Å². The summed E-state index contributed by atoms with van der Waals surface area (Å²) in [4.78, 5) is 12.3. The number of phenolic OH excluding ortho intramolecular Hbond substituents is 1. The number of aromatic hydroxyl groups is 1. The average molecular weight is 420 g/mol. The number of nitrogens with one attached hydrogen (secondary N) is 1. The molecule has 5 nitrogen and oxygen atoms in total. The third-order valence-corrected chi connectivity index (χ3v) is 4.96. The minimum Gasteiger partial charge on any atom is -0.507 e. The van der Waals surface area contributed by atoms with E-state index in [0.717, 1.165) is 22.7 Å². The van der Waals surface area contributed by atoms with Gasteiger partial charge in [-0.05, 0) is 54.8 Å². The van der Waals surface area contributed by atoms with Crippen LogP contribution in [0, 0.1) is 12.8 Å². The number of methoxy groups -OCH3 is 1. The molecular formula is C26H29NO4. The summed E-state index contributed by atoms with van der Waals surface area (Å²) in [6, 6.07) is 19.0. The molecule has 0 unspecified atom stereocenters. The number of benzene rings is 3. The molecule has 0 radical (unpaired) electrons. The summed E-state index contributed by atoms with van der Waals surface area (Å²) >= 11 is 0. The molecule has 0 bridgehead atoms. The molecule has 0 aliphatic heterocycles. The number of phenols is 1. The lowest BCUT2D eigenvalue weighted by Crippen LogP contribution is -2.05. The maximum atomic E-state index is 12.3. The van der Waals surface area contributed by atoms with E-state index in [9.17, 15) is 9.90 Å². The van der Waals surface area contributed by atoms with Gasteiger partial charge in [0.25, 0.3) is 0 Å². The smallest absolute Gasteiger partial charge is 0.166 e. The molecule has 3 rings (SSSR count). The van der Waals surface area contributed by atoms with E-state index in [1.807, 2.05) is 62.4 Å². The molecule has 3 aromatic rings. The number of rotatable bonds is 9. The predicted molar refractivity (Wildman–Crippen MR) is 124 cm³/mol. The fourth-order valence-electron chi connectivity index (χ4n) is 3.31. The highest BCUT2D eigenvalue weighted by Gasteiger charge is 2.17. The van der Waals surface area contributed by atoms with E-state index in [1.54, 1.807) is 26.2 Å². The monoisotopic (exact) mass is 419 g/mol. The fourth-order valence-corrected chi connectivity index (χ4v) is 3.31. The van der Waals surface area contributed by atoms with Crippen LogP contribution in [0.1, 0.15) is 41.8 Å². The van der Waals surface area contributed by atoms with Gasteiger partial charge in [0.15, 0.2) is 5.78 Å². The Kier molecular flexibility index (Phi) is 7.19. The van der Waals surface area contributed by atoms with Crippen LogP contribution in [0.4, 0.5) is 11.4 Å². The quantitative estimate of drug-likeness (QED) is 0.401.